The maximum absolute atomic E-state index is 12.7. The molecule has 2 aromatic carbocycles. The summed E-state index contributed by atoms with van der Waals surface area (Å²) in [7, 11) is 1.30. The number of benzene rings is 2. The zero-order valence-electron chi connectivity index (χ0n) is 18.8. The molecule has 0 N–H and O–H groups in total. The molecule has 170 valence electrons. The third-order valence-corrected chi connectivity index (χ3v) is 5.00. The van der Waals surface area contributed by atoms with Crippen molar-refractivity contribution in [1.82, 2.24) is 4.90 Å². The quantitative estimate of drug-likeness (QED) is 0.228. The number of carbonyl (C=O) groups excluding carboxylic acids is 2. The second-order valence-electron chi connectivity index (χ2n) is 8.55. The Labute approximate surface area is 187 Å². The molecule has 0 saturated carbocycles. The second-order valence-corrected chi connectivity index (χ2v) is 8.55. The molecule has 1 heterocycles. The standard InChI is InChI=1S/C24H28N2O6/c1-24(2,3)32-23(28)26-12-11-17-14-19(9-10-20(17)21(26)22(27)30-5)31-15-16-7-6-8-18(13-16)25(4)29/h6-10,13-14,21H,4,11-12,15H2,1-3,5H3/t21-/m1/s1. The Hall–Kier alpha value is -3.55. The van der Waals surface area contributed by atoms with Crippen LogP contribution in [0, 0.1) is 5.21 Å². The maximum Gasteiger partial charge on any atom is 0.411 e. The summed E-state index contributed by atoms with van der Waals surface area (Å²) < 4.78 is 16.9. The van der Waals surface area contributed by atoms with Gasteiger partial charge in [-0.2, -0.15) is 4.74 Å². The van der Waals surface area contributed by atoms with Crippen molar-refractivity contribution in [2.45, 2.75) is 45.4 Å². The first-order chi connectivity index (χ1) is 15.1. The van der Waals surface area contributed by atoms with Gasteiger partial charge in [-0.15, -0.1) is 0 Å². The predicted octanol–water partition coefficient (Wildman–Crippen LogP) is 4.12. The summed E-state index contributed by atoms with van der Waals surface area (Å²) in [6.07, 6.45) is -0.0157. The molecular weight excluding hydrogens is 412 g/mol. The number of ether oxygens (including phenoxy) is 3. The lowest BCUT2D eigenvalue weighted by atomic mass is 9.92. The fourth-order valence-corrected chi connectivity index (χ4v) is 3.54. The lowest BCUT2D eigenvalue weighted by molar-refractivity contribution is -0.349. The minimum Gasteiger partial charge on any atom is -0.619 e. The van der Waals surface area contributed by atoms with Crippen LogP contribution in [-0.2, 0) is 27.3 Å². The minimum absolute atomic E-state index is 0.269. The Bertz CT molecular complexity index is 1030. The first kappa shape index (κ1) is 23.1. The summed E-state index contributed by atoms with van der Waals surface area (Å²) in [6.45, 7) is 9.27. The summed E-state index contributed by atoms with van der Waals surface area (Å²) in [4.78, 5) is 26.7. The summed E-state index contributed by atoms with van der Waals surface area (Å²) >= 11 is 0. The number of fused-ring (bicyclic) bond motifs is 1. The van der Waals surface area contributed by atoms with Crippen LogP contribution < -0.4 is 4.74 Å². The molecule has 2 aromatic rings. The highest BCUT2D eigenvalue weighted by Crippen LogP contribution is 2.34. The normalized spacial score (nSPS) is 15.5. The summed E-state index contributed by atoms with van der Waals surface area (Å²) in [5.74, 6) is 0.0923. The molecule has 0 aliphatic carbocycles. The smallest absolute Gasteiger partial charge is 0.411 e. The lowest BCUT2D eigenvalue weighted by Gasteiger charge is -2.36. The topological polar surface area (TPSA) is 91.1 Å². The highest BCUT2D eigenvalue weighted by atomic mass is 16.6. The molecule has 0 bridgehead atoms. The van der Waals surface area contributed by atoms with Gasteiger partial charge < -0.3 is 19.4 Å². The summed E-state index contributed by atoms with van der Waals surface area (Å²) in [5, 5.41) is 11.4. The van der Waals surface area contributed by atoms with Crippen LogP contribution in [0.15, 0.2) is 42.5 Å². The molecule has 1 aliphatic rings. The van der Waals surface area contributed by atoms with Crippen molar-refractivity contribution in [3.05, 3.63) is 64.4 Å². The highest BCUT2D eigenvalue weighted by molar-refractivity contribution is 5.84. The van der Waals surface area contributed by atoms with E-state index in [-0.39, 0.29) is 6.61 Å². The fraction of sp³-hybridized carbons (Fsp3) is 0.375. The molecule has 1 aliphatic heterocycles. The Kier molecular flexibility index (Phi) is 6.72. The number of carbonyl (C=O) groups is 2. The van der Waals surface area contributed by atoms with E-state index in [9.17, 15) is 14.8 Å². The van der Waals surface area contributed by atoms with Crippen molar-refractivity contribution < 1.29 is 28.5 Å². The first-order valence-corrected chi connectivity index (χ1v) is 10.3. The van der Waals surface area contributed by atoms with Crippen LogP contribution in [0.25, 0.3) is 0 Å². The molecule has 0 radical (unpaired) electrons. The van der Waals surface area contributed by atoms with Gasteiger partial charge in [-0.25, -0.2) is 9.59 Å². The van der Waals surface area contributed by atoms with Crippen molar-refractivity contribution in [2.24, 2.45) is 0 Å². The van der Waals surface area contributed by atoms with E-state index in [0.717, 1.165) is 11.1 Å². The van der Waals surface area contributed by atoms with E-state index in [2.05, 4.69) is 6.72 Å². The largest absolute Gasteiger partial charge is 0.619 e. The molecule has 1 amide bonds. The fourth-order valence-electron chi connectivity index (χ4n) is 3.54. The molecule has 0 unspecified atom stereocenters. The second kappa shape index (κ2) is 9.30. The summed E-state index contributed by atoms with van der Waals surface area (Å²) in [5.41, 5.74) is 2.18. The van der Waals surface area contributed by atoms with E-state index in [1.807, 2.05) is 12.1 Å². The van der Waals surface area contributed by atoms with Gasteiger partial charge >= 0.3 is 12.1 Å². The van der Waals surface area contributed by atoms with Crippen molar-refractivity contribution in [3.63, 3.8) is 0 Å². The maximum atomic E-state index is 12.7. The van der Waals surface area contributed by atoms with Crippen LogP contribution in [0.3, 0.4) is 0 Å². The molecule has 3 rings (SSSR count). The average Bonchev–Trinajstić information content (AvgIpc) is 2.75. The van der Waals surface area contributed by atoms with Gasteiger partial charge in [0.1, 0.15) is 24.7 Å². The molecule has 32 heavy (non-hydrogen) atoms. The predicted molar refractivity (Wildman–Crippen MR) is 119 cm³/mol. The number of nitrogens with zero attached hydrogens (tertiary/aromatic N) is 2. The number of rotatable bonds is 5. The van der Waals surface area contributed by atoms with E-state index >= 15 is 0 Å². The van der Waals surface area contributed by atoms with Gasteiger partial charge in [-0.3, -0.25) is 4.90 Å². The molecule has 0 fully saturated rings. The van der Waals surface area contributed by atoms with Crippen molar-refractivity contribution in [3.8, 4) is 5.75 Å². The van der Waals surface area contributed by atoms with Crippen molar-refractivity contribution >= 4 is 24.5 Å². The van der Waals surface area contributed by atoms with E-state index in [0.29, 0.717) is 34.7 Å². The Morgan fingerprint density at radius 3 is 2.62 bits per heavy atom. The third-order valence-electron chi connectivity index (χ3n) is 5.00. The van der Waals surface area contributed by atoms with Crippen LogP contribution in [0.2, 0.25) is 0 Å². The van der Waals surface area contributed by atoms with Crippen molar-refractivity contribution in [2.75, 3.05) is 13.7 Å². The van der Waals surface area contributed by atoms with Crippen LogP contribution in [0.1, 0.15) is 43.5 Å². The first-order valence-electron chi connectivity index (χ1n) is 10.3. The zero-order valence-corrected chi connectivity index (χ0v) is 18.8. The van der Waals surface area contributed by atoms with E-state index < -0.39 is 23.7 Å². The number of methoxy groups -OCH3 is 1. The van der Waals surface area contributed by atoms with E-state index in [1.54, 1.807) is 51.1 Å². The molecule has 0 aromatic heterocycles. The minimum atomic E-state index is -0.885. The number of hydrogen-bond acceptors (Lipinski definition) is 6. The Balaban J connectivity index is 1.80. The van der Waals surface area contributed by atoms with Crippen LogP contribution >= 0.6 is 0 Å². The van der Waals surface area contributed by atoms with Gasteiger partial charge in [0.25, 0.3) is 0 Å². The van der Waals surface area contributed by atoms with Crippen LogP contribution in [-0.4, -0.2) is 47.7 Å². The van der Waals surface area contributed by atoms with Crippen molar-refractivity contribution in [1.29, 1.82) is 0 Å². The molecule has 0 saturated heterocycles. The number of hydrogen-bond donors (Lipinski definition) is 0. The van der Waals surface area contributed by atoms with Crippen LogP contribution in [0.4, 0.5) is 10.5 Å². The van der Waals surface area contributed by atoms with Gasteiger partial charge in [0.2, 0.25) is 5.69 Å². The SMILES string of the molecule is C=[N+]([O-])c1cccc(COc2ccc3c(c2)CCN(C(=O)OC(C)(C)C)[C@H]3C(=O)OC)c1. The Morgan fingerprint density at radius 2 is 1.97 bits per heavy atom. The molecule has 8 heteroatoms. The Morgan fingerprint density at radius 1 is 1.22 bits per heavy atom. The molecule has 1 atom stereocenters. The monoisotopic (exact) mass is 440 g/mol. The lowest BCUT2D eigenvalue weighted by Crippen LogP contribution is -2.46. The highest BCUT2D eigenvalue weighted by Gasteiger charge is 2.39. The van der Waals surface area contributed by atoms with Crippen LogP contribution in [0.5, 0.6) is 5.75 Å². The van der Waals surface area contributed by atoms with Gasteiger partial charge in [0.15, 0.2) is 6.04 Å². The van der Waals surface area contributed by atoms with Gasteiger partial charge in [0.05, 0.1) is 7.11 Å². The van der Waals surface area contributed by atoms with Gasteiger partial charge in [-0.1, -0.05) is 18.2 Å². The average molecular weight is 440 g/mol. The number of esters is 1. The molecule has 8 nitrogen and oxygen atoms in total. The molecule has 0 spiro atoms. The zero-order chi connectivity index (χ0) is 23.5. The van der Waals surface area contributed by atoms with E-state index in [1.165, 1.54) is 12.0 Å². The molecular formula is C24H28N2O6. The van der Waals surface area contributed by atoms with Gasteiger partial charge in [-0.05, 0) is 56.0 Å². The van der Waals surface area contributed by atoms with E-state index in [4.69, 9.17) is 14.2 Å². The summed E-state index contributed by atoms with van der Waals surface area (Å²) in [6, 6.07) is 11.5. The van der Waals surface area contributed by atoms with Gasteiger partial charge in [0, 0.05) is 18.7 Å². The third kappa shape index (κ3) is 5.38. The number of amides is 1.